The molecule has 0 saturated carbocycles. The molecule has 0 heterocycles. The van der Waals surface area contributed by atoms with Crippen molar-refractivity contribution in [3.63, 3.8) is 0 Å². The van der Waals surface area contributed by atoms with Crippen molar-refractivity contribution in [2.75, 3.05) is 0 Å². The van der Waals surface area contributed by atoms with E-state index in [0.717, 1.165) is 20.6 Å². The Hall–Kier alpha value is -2.82. The summed E-state index contributed by atoms with van der Waals surface area (Å²) < 4.78 is 0. The van der Waals surface area contributed by atoms with E-state index in [9.17, 15) is 9.59 Å². The molecule has 0 aliphatic heterocycles. The second-order valence-corrected chi connectivity index (χ2v) is 8.20. The lowest BCUT2D eigenvalue weighted by Crippen LogP contribution is -2.00. The zero-order valence-electron chi connectivity index (χ0n) is 14.9. The highest BCUT2D eigenvalue weighted by Crippen LogP contribution is 2.32. The van der Waals surface area contributed by atoms with Gasteiger partial charge in [0.25, 0.3) is 0 Å². The average Bonchev–Trinajstić information content (AvgIpc) is 2.74. The SMILES string of the molecule is O=C(Sc1ccccc1)c1ccc(C(=O)Sc2ccccc2)c2ccccc12. The summed E-state index contributed by atoms with van der Waals surface area (Å²) in [5.74, 6) is 0. The second-order valence-electron chi connectivity index (χ2n) is 6.11. The standard InChI is InChI=1S/C24H16O2S2/c25-23(27-17-9-3-1-4-10-17)21-15-16-22(20-14-8-7-13-19(20)21)24(26)28-18-11-5-2-6-12-18/h1-16H. The van der Waals surface area contributed by atoms with Crippen LogP contribution in [-0.4, -0.2) is 10.2 Å². The molecule has 0 atom stereocenters. The van der Waals surface area contributed by atoms with Gasteiger partial charge in [-0.3, -0.25) is 9.59 Å². The molecule has 0 aliphatic rings. The summed E-state index contributed by atoms with van der Waals surface area (Å²) in [6.45, 7) is 0. The van der Waals surface area contributed by atoms with E-state index in [-0.39, 0.29) is 10.2 Å². The van der Waals surface area contributed by atoms with Gasteiger partial charge in [0.15, 0.2) is 0 Å². The highest BCUT2D eigenvalue weighted by atomic mass is 32.2. The minimum Gasteiger partial charge on any atom is -0.281 e. The average molecular weight is 401 g/mol. The Balaban J connectivity index is 1.69. The van der Waals surface area contributed by atoms with Crippen LogP contribution in [0, 0.1) is 0 Å². The predicted octanol–water partition coefficient (Wildman–Crippen LogP) is 6.70. The molecule has 136 valence electrons. The maximum Gasteiger partial charge on any atom is 0.224 e. The van der Waals surface area contributed by atoms with Crippen LogP contribution in [0.3, 0.4) is 0 Å². The molecule has 4 aromatic rings. The van der Waals surface area contributed by atoms with Crippen LogP contribution in [0.4, 0.5) is 0 Å². The summed E-state index contributed by atoms with van der Waals surface area (Å²) >= 11 is 2.40. The largest absolute Gasteiger partial charge is 0.281 e. The number of carbonyl (C=O) groups is 2. The second kappa shape index (κ2) is 8.46. The molecule has 0 aliphatic carbocycles. The summed E-state index contributed by atoms with van der Waals surface area (Å²) in [7, 11) is 0. The summed E-state index contributed by atoms with van der Waals surface area (Å²) in [4.78, 5) is 27.5. The summed E-state index contributed by atoms with van der Waals surface area (Å²) in [6.07, 6.45) is 0. The van der Waals surface area contributed by atoms with E-state index in [1.165, 1.54) is 23.5 Å². The van der Waals surface area contributed by atoms with Crippen LogP contribution in [0.25, 0.3) is 10.8 Å². The van der Waals surface area contributed by atoms with Gasteiger partial charge in [0.1, 0.15) is 0 Å². The van der Waals surface area contributed by atoms with Crippen molar-refractivity contribution in [1.29, 1.82) is 0 Å². The molecule has 0 radical (unpaired) electrons. The molecule has 4 rings (SSSR count). The van der Waals surface area contributed by atoms with Crippen LogP contribution in [0.5, 0.6) is 0 Å². The lowest BCUT2D eigenvalue weighted by atomic mass is 10.0. The molecule has 4 aromatic carbocycles. The van der Waals surface area contributed by atoms with Crippen molar-refractivity contribution in [1.82, 2.24) is 0 Å². The van der Waals surface area contributed by atoms with Crippen molar-refractivity contribution >= 4 is 44.5 Å². The smallest absolute Gasteiger partial charge is 0.224 e. The fourth-order valence-electron chi connectivity index (χ4n) is 2.96. The molecule has 0 unspecified atom stereocenters. The zero-order valence-corrected chi connectivity index (χ0v) is 16.5. The van der Waals surface area contributed by atoms with Gasteiger partial charge in [-0.2, -0.15) is 0 Å². The lowest BCUT2D eigenvalue weighted by Gasteiger charge is -2.10. The first kappa shape index (κ1) is 18.5. The van der Waals surface area contributed by atoms with Crippen molar-refractivity contribution in [3.05, 3.63) is 108 Å². The molecule has 0 spiro atoms. The minimum absolute atomic E-state index is 0.0305. The Morgan fingerprint density at radius 2 is 0.821 bits per heavy atom. The van der Waals surface area contributed by atoms with Gasteiger partial charge in [0.05, 0.1) is 0 Å². The Labute approximate surface area is 172 Å². The molecule has 0 fully saturated rings. The number of thioether (sulfide) groups is 2. The van der Waals surface area contributed by atoms with Crippen LogP contribution in [0.2, 0.25) is 0 Å². The Kier molecular flexibility index (Phi) is 5.60. The third-order valence-electron chi connectivity index (χ3n) is 4.27. The van der Waals surface area contributed by atoms with E-state index >= 15 is 0 Å². The van der Waals surface area contributed by atoms with Crippen molar-refractivity contribution in [2.45, 2.75) is 9.79 Å². The van der Waals surface area contributed by atoms with E-state index in [4.69, 9.17) is 0 Å². The van der Waals surface area contributed by atoms with Crippen molar-refractivity contribution < 1.29 is 9.59 Å². The molecule has 2 nitrogen and oxygen atoms in total. The number of hydrogen-bond acceptors (Lipinski definition) is 4. The first-order valence-corrected chi connectivity index (χ1v) is 10.4. The van der Waals surface area contributed by atoms with E-state index in [2.05, 4.69) is 0 Å². The first-order valence-electron chi connectivity index (χ1n) is 8.78. The van der Waals surface area contributed by atoms with Gasteiger partial charge in [-0.05, 0) is 70.7 Å². The van der Waals surface area contributed by atoms with Crippen molar-refractivity contribution in [3.8, 4) is 0 Å². The zero-order chi connectivity index (χ0) is 19.3. The number of benzene rings is 4. The Morgan fingerprint density at radius 3 is 1.21 bits per heavy atom. The topological polar surface area (TPSA) is 34.1 Å². The van der Waals surface area contributed by atoms with Crippen LogP contribution < -0.4 is 0 Å². The highest BCUT2D eigenvalue weighted by molar-refractivity contribution is 8.14. The Bertz CT molecular complexity index is 1050. The van der Waals surface area contributed by atoms with Crippen molar-refractivity contribution in [2.24, 2.45) is 0 Å². The van der Waals surface area contributed by atoms with Gasteiger partial charge in [-0.1, -0.05) is 60.7 Å². The fraction of sp³-hybridized carbons (Fsp3) is 0. The molecule has 0 aromatic heterocycles. The predicted molar refractivity (Wildman–Crippen MR) is 117 cm³/mol. The van der Waals surface area contributed by atoms with Gasteiger partial charge in [0, 0.05) is 20.9 Å². The number of hydrogen-bond donors (Lipinski definition) is 0. The van der Waals surface area contributed by atoms with Gasteiger partial charge in [-0.15, -0.1) is 0 Å². The maximum absolute atomic E-state index is 12.9. The van der Waals surface area contributed by atoms with Crippen LogP contribution in [0.15, 0.2) is 107 Å². The number of fused-ring (bicyclic) bond motifs is 1. The van der Waals surface area contributed by atoms with E-state index in [0.29, 0.717) is 11.1 Å². The summed E-state index contributed by atoms with van der Waals surface area (Å²) in [6, 6.07) is 30.3. The molecule has 0 amide bonds. The normalized spacial score (nSPS) is 10.7. The third-order valence-corrected chi connectivity index (χ3v) is 6.10. The molecule has 0 bridgehead atoms. The molecule has 0 N–H and O–H groups in total. The monoisotopic (exact) mass is 400 g/mol. The van der Waals surface area contributed by atoms with Crippen LogP contribution in [-0.2, 0) is 0 Å². The van der Waals surface area contributed by atoms with E-state index in [1.807, 2.05) is 84.9 Å². The molecular weight excluding hydrogens is 384 g/mol. The van der Waals surface area contributed by atoms with Gasteiger partial charge < -0.3 is 0 Å². The molecule has 4 heteroatoms. The minimum atomic E-state index is -0.0305. The van der Waals surface area contributed by atoms with Gasteiger partial charge in [0.2, 0.25) is 10.2 Å². The van der Waals surface area contributed by atoms with E-state index < -0.39 is 0 Å². The third kappa shape index (κ3) is 4.03. The number of rotatable bonds is 4. The van der Waals surface area contributed by atoms with Crippen LogP contribution >= 0.6 is 23.5 Å². The lowest BCUT2D eigenvalue weighted by molar-refractivity contribution is 0.108. The van der Waals surface area contributed by atoms with Crippen LogP contribution in [0.1, 0.15) is 20.7 Å². The van der Waals surface area contributed by atoms with Gasteiger partial charge >= 0.3 is 0 Å². The first-order chi connectivity index (χ1) is 13.7. The molecule has 28 heavy (non-hydrogen) atoms. The maximum atomic E-state index is 12.9. The molecule has 0 saturated heterocycles. The fourth-order valence-corrected chi connectivity index (χ4v) is 4.55. The molecular formula is C24H16O2S2. The quantitative estimate of drug-likeness (QED) is 0.357. The van der Waals surface area contributed by atoms with Gasteiger partial charge in [-0.25, -0.2) is 0 Å². The summed E-state index contributed by atoms with van der Waals surface area (Å²) in [5, 5.41) is 1.54. The highest BCUT2D eigenvalue weighted by Gasteiger charge is 2.17. The van der Waals surface area contributed by atoms with E-state index in [1.54, 1.807) is 12.1 Å². The number of carbonyl (C=O) groups excluding carboxylic acids is 2. The Morgan fingerprint density at radius 1 is 0.464 bits per heavy atom. The summed E-state index contributed by atoms with van der Waals surface area (Å²) in [5.41, 5.74) is 1.23.